The number of hydrogen-bond acceptors (Lipinski definition) is 0. The lowest BCUT2D eigenvalue weighted by Crippen LogP contribution is -2.51. The molecule has 0 aromatic heterocycles. The second-order valence-corrected chi connectivity index (χ2v) is 9.61. The summed E-state index contributed by atoms with van der Waals surface area (Å²) in [4.78, 5) is 0. The van der Waals surface area contributed by atoms with Crippen LogP contribution >= 0.6 is 0 Å². The van der Waals surface area contributed by atoms with Crippen molar-refractivity contribution >= 4 is 0 Å². The van der Waals surface area contributed by atoms with E-state index >= 15 is 0 Å². The highest BCUT2D eigenvalue weighted by Crippen LogP contribution is 2.77. The van der Waals surface area contributed by atoms with Gasteiger partial charge >= 0.3 is 0 Å². The molecule has 0 radical (unpaired) electrons. The summed E-state index contributed by atoms with van der Waals surface area (Å²) in [5.41, 5.74) is 5.48. The Kier molecular flexibility index (Phi) is 2.59. The maximum atomic E-state index is 2.67. The van der Waals surface area contributed by atoms with Gasteiger partial charge in [-0.15, -0.1) is 0 Å². The second-order valence-electron chi connectivity index (χ2n) is 9.61. The van der Waals surface area contributed by atoms with Crippen LogP contribution in [0.2, 0.25) is 0 Å². The molecule has 0 aromatic carbocycles. The van der Waals surface area contributed by atoms with Gasteiger partial charge < -0.3 is 0 Å². The molecule has 3 fully saturated rings. The van der Waals surface area contributed by atoms with Gasteiger partial charge in [0.1, 0.15) is 0 Å². The van der Waals surface area contributed by atoms with E-state index in [1.165, 1.54) is 57.8 Å². The van der Waals surface area contributed by atoms with Gasteiger partial charge in [-0.1, -0.05) is 44.1 Å². The summed E-state index contributed by atoms with van der Waals surface area (Å²) in [5, 5.41) is 0. The van der Waals surface area contributed by atoms with Crippen LogP contribution in [0.25, 0.3) is 0 Å². The van der Waals surface area contributed by atoms with Crippen LogP contribution < -0.4 is 0 Å². The second kappa shape index (κ2) is 4.11. The molecule has 0 amide bonds. The summed E-state index contributed by atoms with van der Waals surface area (Å²) in [7, 11) is 0. The summed E-state index contributed by atoms with van der Waals surface area (Å²) in [5.74, 6) is 3.03. The van der Waals surface area contributed by atoms with Crippen LogP contribution in [0.15, 0.2) is 23.3 Å². The van der Waals surface area contributed by atoms with Crippen LogP contribution in [0.5, 0.6) is 0 Å². The molecular formula is C22H32. The number of hydrogen-bond donors (Lipinski definition) is 0. The molecule has 0 aliphatic heterocycles. The zero-order valence-electron chi connectivity index (χ0n) is 14.8. The Morgan fingerprint density at radius 1 is 1.09 bits per heavy atom. The van der Waals surface area contributed by atoms with Crippen LogP contribution in [0.4, 0.5) is 0 Å². The Balaban J connectivity index is 1.52. The standard InChI is InChI=1S/C22H32/c1-4-22-14-16(22)13-19-17-9-8-15-7-5-6-11-20(15,2)18(17)10-12-21(19,22)3/h7,14,17-19H,4-6,8-13H2,1-3H3/t17-,18+,19+,20+,21+,22-/m1/s1. The lowest BCUT2D eigenvalue weighted by molar-refractivity contribution is -0.0626. The molecule has 0 bridgehead atoms. The zero-order valence-corrected chi connectivity index (χ0v) is 14.8. The van der Waals surface area contributed by atoms with Crippen molar-refractivity contribution in [3.05, 3.63) is 23.3 Å². The van der Waals surface area contributed by atoms with Gasteiger partial charge in [0.05, 0.1) is 0 Å². The number of allylic oxidation sites excluding steroid dienone is 4. The van der Waals surface area contributed by atoms with Crippen molar-refractivity contribution < 1.29 is 0 Å². The van der Waals surface area contributed by atoms with Crippen LogP contribution in [0.3, 0.4) is 0 Å². The number of rotatable bonds is 1. The minimum absolute atomic E-state index is 0.572. The first-order valence-electron chi connectivity index (χ1n) is 9.97. The van der Waals surface area contributed by atoms with Gasteiger partial charge in [0, 0.05) is 5.41 Å². The molecule has 5 aliphatic carbocycles. The highest BCUT2D eigenvalue weighted by Gasteiger charge is 2.68. The molecule has 3 saturated carbocycles. The maximum Gasteiger partial charge on any atom is 0.0148 e. The maximum absolute atomic E-state index is 2.67. The number of fused-ring (bicyclic) bond motifs is 7. The van der Waals surface area contributed by atoms with E-state index in [1.54, 1.807) is 0 Å². The average Bonchev–Trinajstić information content (AvgIpc) is 3.18. The lowest BCUT2D eigenvalue weighted by Gasteiger charge is -2.59. The first-order chi connectivity index (χ1) is 10.6. The smallest absolute Gasteiger partial charge is 0.0148 e. The predicted octanol–water partition coefficient (Wildman–Crippen LogP) is 6.29. The fourth-order valence-electron chi connectivity index (χ4n) is 8.01. The highest BCUT2D eigenvalue weighted by molar-refractivity contribution is 5.48. The van der Waals surface area contributed by atoms with E-state index in [0.717, 1.165) is 17.8 Å². The van der Waals surface area contributed by atoms with Gasteiger partial charge in [-0.05, 0) is 86.4 Å². The third-order valence-electron chi connectivity index (χ3n) is 9.34. The molecule has 5 rings (SSSR count). The van der Waals surface area contributed by atoms with Gasteiger partial charge in [-0.3, -0.25) is 0 Å². The van der Waals surface area contributed by atoms with E-state index in [1.807, 2.05) is 11.1 Å². The summed E-state index contributed by atoms with van der Waals surface area (Å²) >= 11 is 0. The molecular weight excluding hydrogens is 264 g/mol. The monoisotopic (exact) mass is 296 g/mol. The Bertz CT molecular complexity index is 581. The predicted molar refractivity (Wildman–Crippen MR) is 92.5 cm³/mol. The molecule has 0 nitrogen and oxygen atoms in total. The quantitative estimate of drug-likeness (QED) is 0.499. The van der Waals surface area contributed by atoms with E-state index in [-0.39, 0.29) is 0 Å². The summed E-state index contributed by atoms with van der Waals surface area (Å²) < 4.78 is 0. The molecule has 0 heteroatoms. The molecule has 0 aromatic rings. The van der Waals surface area contributed by atoms with E-state index in [2.05, 4.69) is 32.9 Å². The van der Waals surface area contributed by atoms with Crippen LogP contribution in [-0.2, 0) is 0 Å². The Hall–Kier alpha value is -0.520. The minimum Gasteiger partial charge on any atom is -0.0848 e. The van der Waals surface area contributed by atoms with Crippen molar-refractivity contribution in [2.24, 2.45) is 34.0 Å². The normalized spacial score (nSPS) is 55.3. The van der Waals surface area contributed by atoms with E-state index < -0.39 is 0 Å². The summed E-state index contributed by atoms with van der Waals surface area (Å²) in [6.07, 6.45) is 18.3. The van der Waals surface area contributed by atoms with Crippen LogP contribution in [0.1, 0.15) is 78.6 Å². The molecule has 120 valence electrons. The average molecular weight is 296 g/mol. The largest absolute Gasteiger partial charge is 0.0848 e. The third kappa shape index (κ3) is 1.38. The molecule has 22 heavy (non-hydrogen) atoms. The van der Waals surface area contributed by atoms with Crippen molar-refractivity contribution in [3.8, 4) is 0 Å². The zero-order chi connectivity index (χ0) is 15.2. The summed E-state index contributed by atoms with van der Waals surface area (Å²) in [6.45, 7) is 7.75. The molecule has 6 atom stereocenters. The van der Waals surface area contributed by atoms with Crippen LogP contribution in [0, 0.1) is 34.0 Å². The summed E-state index contributed by atoms with van der Waals surface area (Å²) in [6, 6.07) is 0. The molecule has 0 spiro atoms. The van der Waals surface area contributed by atoms with Gasteiger partial charge in [0.15, 0.2) is 0 Å². The van der Waals surface area contributed by atoms with E-state index in [0.29, 0.717) is 16.2 Å². The molecule has 5 aliphatic rings. The van der Waals surface area contributed by atoms with Gasteiger partial charge in [0.2, 0.25) is 0 Å². The first-order valence-corrected chi connectivity index (χ1v) is 9.97. The van der Waals surface area contributed by atoms with Gasteiger partial charge in [-0.2, -0.15) is 0 Å². The van der Waals surface area contributed by atoms with Crippen LogP contribution in [-0.4, -0.2) is 0 Å². The molecule has 0 N–H and O–H groups in total. The Labute approximate surface area is 136 Å². The first kappa shape index (κ1) is 13.9. The van der Waals surface area contributed by atoms with Crippen molar-refractivity contribution in [2.45, 2.75) is 78.6 Å². The lowest BCUT2D eigenvalue weighted by atomic mass is 9.45. The fraction of sp³-hybridized carbons (Fsp3) is 0.818. The molecule has 0 heterocycles. The van der Waals surface area contributed by atoms with Crippen molar-refractivity contribution in [1.29, 1.82) is 0 Å². The highest BCUT2D eigenvalue weighted by atomic mass is 14.7. The topological polar surface area (TPSA) is 0 Å². The Morgan fingerprint density at radius 2 is 1.95 bits per heavy atom. The van der Waals surface area contributed by atoms with E-state index in [4.69, 9.17) is 0 Å². The minimum atomic E-state index is 0.572. The van der Waals surface area contributed by atoms with Crippen molar-refractivity contribution in [2.75, 3.05) is 0 Å². The molecule has 0 saturated heterocycles. The van der Waals surface area contributed by atoms with Gasteiger partial charge in [0.25, 0.3) is 0 Å². The Morgan fingerprint density at radius 3 is 2.77 bits per heavy atom. The molecule has 0 unspecified atom stereocenters. The SMILES string of the molecule is CC[C@@]12C=C1C[C@H]1[C@@H]3CCC4=CCCC[C@]4(C)[C@H]3CC[C@@]12C. The van der Waals surface area contributed by atoms with E-state index in [9.17, 15) is 0 Å². The fourth-order valence-corrected chi connectivity index (χ4v) is 8.01. The van der Waals surface area contributed by atoms with Gasteiger partial charge in [-0.25, -0.2) is 0 Å². The van der Waals surface area contributed by atoms with Crippen molar-refractivity contribution in [1.82, 2.24) is 0 Å². The third-order valence-corrected chi connectivity index (χ3v) is 9.34. The van der Waals surface area contributed by atoms with Crippen molar-refractivity contribution in [3.63, 3.8) is 0 Å².